The molecule has 0 amide bonds. The van der Waals surface area contributed by atoms with Crippen molar-refractivity contribution in [3.05, 3.63) is 36.0 Å². The molecule has 110 valence electrons. The Balaban J connectivity index is 2.31. The van der Waals surface area contributed by atoms with Crippen LogP contribution in [0.2, 0.25) is 0 Å². The van der Waals surface area contributed by atoms with Crippen LogP contribution < -0.4 is 5.73 Å². The van der Waals surface area contributed by atoms with Crippen LogP contribution >= 0.6 is 0 Å². The number of hydrogen-bond donors (Lipinski definition) is 1. The number of fused-ring (bicyclic) bond motifs is 1. The van der Waals surface area contributed by atoms with E-state index in [2.05, 4.69) is 6.07 Å². The van der Waals surface area contributed by atoms with Crippen molar-refractivity contribution < 1.29 is 8.42 Å². The van der Waals surface area contributed by atoms with Crippen molar-refractivity contribution in [2.45, 2.75) is 32.1 Å². The number of nitrogens with two attached hydrogens (primary N) is 1. The van der Waals surface area contributed by atoms with Crippen molar-refractivity contribution in [1.29, 1.82) is 0 Å². The molecule has 5 heteroatoms. The summed E-state index contributed by atoms with van der Waals surface area (Å²) in [7, 11) is -3.01. The van der Waals surface area contributed by atoms with E-state index in [4.69, 9.17) is 5.73 Å². The van der Waals surface area contributed by atoms with Gasteiger partial charge in [0.2, 0.25) is 0 Å². The van der Waals surface area contributed by atoms with E-state index >= 15 is 0 Å². The fraction of sp³-hybridized carbons (Fsp3) is 0.467. The highest BCUT2D eigenvalue weighted by molar-refractivity contribution is 7.91. The van der Waals surface area contributed by atoms with Crippen molar-refractivity contribution >= 4 is 20.7 Å². The van der Waals surface area contributed by atoms with Gasteiger partial charge in [0, 0.05) is 23.6 Å². The van der Waals surface area contributed by atoms with Crippen LogP contribution in [-0.2, 0) is 22.8 Å². The fourth-order valence-electron chi connectivity index (χ4n) is 2.32. The first-order chi connectivity index (χ1) is 9.45. The Morgan fingerprint density at radius 1 is 1.25 bits per heavy atom. The second kappa shape index (κ2) is 5.97. The molecule has 1 heterocycles. The number of para-hydroxylation sites is 1. The Bertz CT molecular complexity index is 687. The molecule has 0 atom stereocenters. The summed E-state index contributed by atoms with van der Waals surface area (Å²) in [6, 6.07) is 8.06. The van der Waals surface area contributed by atoms with Crippen LogP contribution in [0, 0.1) is 0 Å². The minimum absolute atomic E-state index is 0.172. The summed E-state index contributed by atoms with van der Waals surface area (Å²) in [5.74, 6) is 0.172. The van der Waals surface area contributed by atoms with Crippen LogP contribution in [0.4, 0.5) is 0 Å². The van der Waals surface area contributed by atoms with Crippen molar-refractivity contribution in [1.82, 2.24) is 4.57 Å². The first kappa shape index (κ1) is 15.1. The zero-order valence-corrected chi connectivity index (χ0v) is 12.9. The quantitative estimate of drug-likeness (QED) is 0.886. The van der Waals surface area contributed by atoms with Crippen LogP contribution in [0.15, 0.2) is 30.5 Å². The highest BCUT2D eigenvalue weighted by atomic mass is 32.2. The third-order valence-corrected chi connectivity index (χ3v) is 5.81. The molecule has 0 aliphatic carbocycles. The minimum Gasteiger partial charge on any atom is -0.346 e. The average Bonchev–Trinajstić information content (AvgIpc) is 2.76. The van der Waals surface area contributed by atoms with Crippen LogP contribution in [0.25, 0.3) is 10.9 Å². The van der Waals surface area contributed by atoms with E-state index in [0.717, 1.165) is 11.9 Å². The molecule has 0 saturated carbocycles. The molecular formula is C15H22N2O2S. The molecule has 0 saturated heterocycles. The van der Waals surface area contributed by atoms with E-state index in [1.807, 2.05) is 29.0 Å². The molecule has 2 aromatic rings. The molecule has 4 nitrogen and oxygen atoms in total. The molecule has 0 bridgehead atoms. The highest BCUT2D eigenvalue weighted by Crippen LogP contribution is 2.21. The number of aryl methyl sites for hydroxylation is 1. The maximum absolute atomic E-state index is 11.9. The van der Waals surface area contributed by atoms with Crippen LogP contribution in [-0.4, -0.2) is 30.5 Å². The second-order valence-electron chi connectivity index (χ2n) is 5.32. The fourth-order valence-corrected chi connectivity index (χ4v) is 3.25. The van der Waals surface area contributed by atoms with Gasteiger partial charge in [0.1, 0.15) is 0 Å². The molecule has 0 unspecified atom stereocenters. The normalized spacial score (nSPS) is 12.4. The van der Waals surface area contributed by atoms with Crippen LogP contribution in [0.1, 0.15) is 19.4 Å². The lowest BCUT2D eigenvalue weighted by molar-refractivity contribution is 0.581. The Labute approximate surface area is 120 Å². The van der Waals surface area contributed by atoms with E-state index in [9.17, 15) is 8.42 Å². The van der Waals surface area contributed by atoms with Gasteiger partial charge in [-0.2, -0.15) is 0 Å². The van der Waals surface area contributed by atoms with E-state index in [0.29, 0.717) is 13.1 Å². The average molecular weight is 294 g/mol. The summed E-state index contributed by atoms with van der Waals surface area (Å²) >= 11 is 0. The maximum Gasteiger partial charge on any atom is 0.154 e. The number of sulfone groups is 1. The van der Waals surface area contributed by atoms with Gasteiger partial charge in [-0.3, -0.25) is 0 Å². The molecule has 1 aromatic heterocycles. The number of rotatable bonds is 6. The molecule has 1 aromatic carbocycles. The predicted octanol–water partition coefficient (Wildman–Crippen LogP) is 1.97. The van der Waals surface area contributed by atoms with Crippen molar-refractivity contribution in [2.75, 3.05) is 12.3 Å². The van der Waals surface area contributed by atoms with Gasteiger partial charge in [0.05, 0.1) is 11.0 Å². The minimum atomic E-state index is -3.01. The van der Waals surface area contributed by atoms with Gasteiger partial charge >= 0.3 is 0 Å². The molecule has 0 fully saturated rings. The summed E-state index contributed by atoms with van der Waals surface area (Å²) in [6.07, 6.45) is 2.85. The summed E-state index contributed by atoms with van der Waals surface area (Å²) in [4.78, 5) is 0. The Morgan fingerprint density at radius 2 is 1.95 bits per heavy atom. The van der Waals surface area contributed by atoms with Crippen molar-refractivity contribution in [3.8, 4) is 0 Å². The number of aromatic nitrogens is 1. The van der Waals surface area contributed by atoms with Gasteiger partial charge < -0.3 is 10.3 Å². The largest absolute Gasteiger partial charge is 0.346 e. The summed E-state index contributed by atoms with van der Waals surface area (Å²) in [5.41, 5.74) is 7.90. The van der Waals surface area contributed by atoms with Gasteiger partial charge in [0.25, 0.3) is 0 Å². The number of hydrogen-bond acceptors (Lipinski definition) is 3. The van der Waals surface area contributed by atoms with E-state index in [1.54, 1.807) is 13.8 Å². The lowest BCUT2D eigenvalue weighted by atomic mass is 10.1. The first-order valence-corrected chi connectivity index (χ1v) is 8.65. The molecule has 0 radical (unpaired) electrons. The van der Waals surface area contributed by atoms with Gasteiger partial charge in [0.15, 0.2) is 9.84 Å². The predicted molar refractivity (Wildman–Crippen MR) is 83.6 cm³/mol. The van der Waals surface area contributed by atoms with Gasteiger partial charge in [-0.15, -0.1) is 0 Å². The molecule has 0 aliphatic heterocycles. The SMILES string of the molecule is CC(C)S(=O)(=O)CCn1cc(CCN)c2ccccc21. The third-order valence-electron chi connectivity index (χ3n) is 3.62. The Morgan fingerprint density at radius 3 is 2.60 bits per heavy atom. The van der Waals surface area contributed by atoms with Gasteiger partial charge in [-0.1, -0.05) is 18.2 Å². The standard InChI is InChI=1S/C15H22N2O2S/c1-12(2)20(18,19)10-9-17-11-13(7-8-16)14-5-3-4-6-15(14)17/h3-6,11-12H,7-10,16H2,1-2H3. The smallest absolute Gasteiger partial charge is 0.154 e. The highest BCUT2D eigenvalue weighted by Gasteiger charge is 2.16. The molecule has 0 spiro atoms. The number of nitrogens with zero attached hydrogens (tertiary/aromatic N) is 1. The Kier molecular flexibility index (Phi) is 4.50. The van der Waals surface area contributed by atoms with Crippen molar-refractivity contribution in [3.63, 3.8) is 0 Å². The molecule has 20 heavy (non-hydrogen) atoms. The first-order valence-electron chi connectivity index (χ1n) is 6.94. The molecule has 2 rings (SSSR count). The van der Waals surface area contributed by atoms with Crippen LogP contribution in [0.3, 0.4) is 0 Å². The summed E-state index contributed by atoms with van der Waals surface area (Å²) in [5, 5.41) is 0.840. The second-order valence-corrected chi connectivity index (χ2v) is 8.00. The van der Waals surface area contributed by atoms with Gasteiger partial charge in [-0.25, -0.2) is 8.42 Å². The maximum atomic E-state index is 11.9. The number of benzene rings is 1. The zero-order chi connectivity index (χ0) is 14.8. The summed E-state index contributed by atoms with van der Waals surface area (Å²) < 4.78 is 25.9. The van der Waals surface area contributed by atoms with Crippen LogP contribution in [0.5, 0.6) is 0 Å². The topological polar surface area (TPSA) is 65.1 Å². The van der Waals surface area contributed by atoms with Crippen molar-refractivity contribution in [2.24, 2.45) is 5.73 Å². The summed E-state index contributed by atoms with van der Waals surface area (Å²) in [6.45, 7) is 4.54. The molecule has 0 aliphatic rings. The lowest BCUT2D eigenvalue weighted by Gasteiger charge is -2.09. The molecular weight excluding hydrogens is 272 g/mol. The Hall–Kier alpha value is -1.33. The molecule has 2 N–H and O–H groups in total. The van der Waals surface area contributed by atoms with E-state index in [1.165, 1.54) is 10.9 Å². The van der Waals surface area contributed by atoms with E-state index in [-0.39, 0.29) is 11.0 Å². The monoisotopic (exact) mass is 294 g/mol. The van der Waals surface area contributed by atoms with Gasteiger partial charge in [-0.05, 0) is 38.4 Å². The lowest BCUT2D eigenvalue weighted by Crippen LogP contribution is -2.20. The zero-order valence-electron chi connectivity index (χ0n) is 12.0. The third kappa shape index (κ3) is 3.04. The van der Waals surface area contributed by atoms with E-state index < -0.39 is 9.84 Å².